The summed E-state index contributed by atoms with van der Waals surface area (Å²) in [5, 5.41) is 2.74. The first-order chi connectivity index (χ1) is 13.6. The van der Waals surface area contributed by atoms with Crippen molar-refractivity contribution in [2.45, 2.75) is 19.4 Å². The molecule has 142 valence electrons. The number of benzene rings is 2. The highest BCUT2D eigenvalue weighted by Crippen LogP contribution is 2.32. The molecule has 3 aromatic rings. The minimum absolute atomic E-state index is 0.0751. The summed E-state index contributed by atoms with van der Waals surface area (Å²) >= 11 is 0. The number of carbonyl (C=O) groups excluding carboxylic acids is 2. The van der Waals surface area contributed by atoms with E-state index in [1.807, 2.05) is 31.2 Å². The molecule has 0 saturated heterocycles. The second-order valence-corrected chi connectivity index (χ2v) is 6.69. The van der Waals surface area contributed by atoms with Crippen molar-refractivity contribution < 1.29 is 18.7 Å². The molecule has 0 bridgehead atoms. The van der Waals surface area contributed by atoms with Crippen LogP contribution in [-0.4, -0.2) is 24.5 Å². The predicted octanol–water partition coefficient (Wildman–Crippen LogP) is 3.89. The van der Waals surface area contributed by atoms with Gasteiger partial charge in [0.1, 0.15) is 5.75 Å². The normalized spacial score (nSPS) is 15.2. The topological polar surface area (TPSA) is 71.8 Å². The first-order valence-corrected chi connectivity index (χ1v) is 9.09. The Balaban J connectivity index is 1.40. The van der Waals surface area contributed by atoms with Crippen LogP contribution in [0.25, 0.3) is 0 Å². The Labute approximate surface area is 162 Å². The number of nitrogens with zero attached hydrogens (tertiary/aromatic N) is 1. The summed E-state index contributed by atoms with van der Waals surface area (Å²) in [6.45, 7) is 1.96. The van der Waals surface area contributed by atoms with Crippen molar-refractivity contribution in [3.05, 3.63) is 78.3 Å². The van der Waals surface area contributed by atoms with Crippen LogP contribution in [0.15, 0.2) is 71.3 Å². The molecule has 0 spiro atoms. The van der Waals surface area contributed by atoms with Gasteiger partial charge in [0.15, 0.2) is 12.4 Å². The third-order valence-corrected chi connectivity index (χ3v) is 4.68. The summed E-state index contributed by atoms with van der Waals surface area (Å²) in [6, 6.07) is 18.2. The number of hydrogen-bond donors (Lipinski definition) is 1. The number of fused-ring (bicyclic) bond motifs is 1. The van der Waals surface area contributed by atoms with Crippen molar-refractivity contribution in [1.82, 2.24) is 0 Å². The van der Waals surface area contributed by atoms with E-state index in [4.69, 9.17) is 9.15 Å². The minimum atomic E-state index is -0.347. The Hall–Kier alpha value is -3.54. The number of carbonyl (C=O) groups is 2. The van der Waals surface area contributed by atoms with E-state index < -0.39 is 0 Å². The molecule has 1 aliphatic rings. The molecular weight excluding hydrogens is 356 g/mol. The Morgan fingerprint density at radius 3 is 2.82 bits per heavy atom. The van der Waals surface area contributed by atoms with Crippen LogP contribution in [0.1, 0.15) is 23.0 Å². The van der Waals surface area contributed by atoms with Crippen molar-refractivity contribution in [2.24, 2.45) is 0 Å². The van der Waals surface area contributed by atoms with E-state index in [0.29, 0.717) is 11.4 Å². The molecule has 28 heavy (non-hydrogen) atoms. The van der Waals surface area contributed by atoms with Gasteiger partial charge in [0.2, 0.25) is 0 Å². The molecule has 1 unspecified atom stereocenters. The quantitative estimate of drug-likeness (QED) is 0.733. The number of amides is 2. The van der Waals surface area contributed by atoms with Crippen LogP contribution in [0, 0.1) is 0 Å². The van der Waals surface area contributed by atoms with Gasteiger partial charge in [0.25, 0.3) is 11.8 Å². The van der Waals surface area contributed by atoms with Gasteiger partial charge in [-0.25, -0.2) is 0 Å². The van der Waals surface area contributed by atoms with Gasteiger partial charge >= 0.3 is 0 Å². The molecule has 4 rings (SSSR count). The molecule has 1 aromatic heterocycles. The molecule has 2 aromatic carbocycles. The Morgan fingerprint density at radius 2 is 2.00 bits per heavy atom. The summed E-state index contributed by atoms with van der Waals surface area (Å²) in [5.41, 5.74) is 2.68. The summed E-state index contributed by atoms with van der Waals surface area (Å²) in [7, 11) is 0. The van der Waals surface area contributed by atoms with Crippen LogP contribution < -0.4 is 15.0 Å². The number of hydrogen-bond acceptors (Lipinski definition) is 4. The first kappa shape index (κ1) is 17.9. The number of para-hydroxylation sites is 1. The standard InChI is InChI=1S/C22H20N2O4/c1-15-12-16-6-2-3-9-19(16)24(15)21(25)14-28-18-8-4-7-17(13-18)23-22(26)20-10-5-11-27-20/h2-11,13,15H,12,14H2,1H3,(H,23,26). The lowest BCUT2D eigenvalue weighted by atomic mass is 10.1. The molecule has 0 fully saturated rings. The van der Waals surface area contributed by atoms with Crippen LogP contribution in [0.5, 0.6) is 5.75 Å². The average Bonchev–Trinajstić information content (AvgIpc) is 3.33. The van der Waals surface area contributed by atoms with E-state index >= 15 is 0 Å². The van der Waals surface area contributed by atoms with E-state index in [2.05, 4.69) is 5.32 Å². The highest BCUT2D eigenvalue weighted by atomic mass is 16.5. The van der Waals surface area contributed by atoms with Gasteiger partial charge in [-0.2, -0.15) is 0 Å². The van der Waals surface area contributed by atoms with Crippen LogP contribution >= 0.6 is 0 Å². The Bertz CT molecular complexity index is 997. The molecule has 0 radical (unpaired) electrons. The van der Waals surface area contributed by atoms with Crippen molar-refractivity contribution >= 4 is 23.2 Å². The minimum Gasteiger partial charge on any atom is -0.484 e. The largest absolute Gasteiger partial charge is 0.484 e. The highest BCUT2D eigenvalue weighted by Gasteiger charge is 2.30. The first-order valence-electron chi connectivity index (χ1n) is 9.09. The maximum atomic E-state index is 12.7. The fraction of sp³-hybridized carbons (Fsp3) is 0.182. The fourth-order valence-electron chi connectivity index (χ4n) is 3.42. The van der Waals surface area contributed by atoms with Crippen molar-refractivity contribution in [3.63, 3.8) is 0 Å². The van der Waals surface area contributed by atoms with E-state index in [0.717, 1.165) is 12.1 Å². The SMILES string of the molecule is CC1Cc2ccccc2N1C(=O)COc1cccc(NC(=O)c2ccco2)c1. The molecule has 2 heterocycles. The van der Waals surface area contributed by atoms with Crippen molar-refractivity contribution in [2.75, 3.05) is 16.8 Å². The zero-order valence-electron chi connectivity index (χ0n) is 15.4. The number of rotatable bonds is 5. The number of ether oxygens (including phenoxy) is 1. The van der Waals surface area contributed by atoms with Crippen LogP contribution in [0.3, 0.4) is 0 Å². The van der Waals surface area contributed by atoms with Gasteiger partial charge in [0, 0.05) is 23.5 Å². The van der Waals surface area contributed by atoms with Gasteiger partial charge in [-0.3, -0.25) is 9.59 Å². The van der Waals surface area contributed by atoms with Crippen LogP contribution in [-0.2, 0) is 11.2 Å². The van der Waals surface area contributed by atoms with E-state index in [1.165, 1.54) is 11.8 Å². The molecular formula is C22H20N2O4. The lowest BCUT2D eigenvalue weighted by Crippen LogP contribution is -2.39. The second-order valence-electron chi connectivity index (χ2n) is 6.69. The van der Waals surface area contributed by atoms with Crippen molar-refractivity contribution in [3.8, 4) is 5.75 Å². The third-order valence-electron chi connectivity index (χ3n) is 4.68. The monoisotopic (exact) mass is 376 g/mol. The molecule has 2 amide bonds. The summed E-state index contributed by atoms with van der Waals surface area (Å²) in [6.07, 6.45) is 2.29. The smallest absolute Gasteiger partial charge is 0.291 e. The fourth-order valence-corrected chi connectivity index (χ4v) is 3.42. The van der Waals surface area contributed by atoms with Gasteiger partial charge in [-0.05, 0) is 49.2 Å². The summed E-state index contributed by atoms with van der Waals surface area (Å²) < 4.78 is 10.8. The van der Waals surface area contributed by atoms with E-state index in [9.17, 15) is 9.59 Å². The van der Waals surface area contributed by atoms with E-state index in [1.54, 1.807) is 41.3 Å². The number of nitrogens with one attached hydrogen (secondary N) is 1. The maximum absolute atomic E-state index is 12.7. The second kappa shape index (κ2) is 7.60. The van der Waals surface area contributed by atoms with Crippen LogP contribution in [0.4, 0.5) is 11.4 Å². The molecule has 1 aliphatic heterocycles. The molecule has 6 nitrogen and oxygen atoms in total. The molecule has 0 saturated carbocycles. The average molecular weight is 376 g/mol. The number of furan rings is 1. The van der Waals surface area contributed by atoms with Gasteiger partial charge in [-0.15, -0.1) is 0 Å². The van der Waals surface area contributed by atoms with Gasteiger partial charge in [-0.1, -0.05) is 24.3 Å². The summed E-state index contributed by atoms with van der Waals surface area (Å²) in [4.78, 5) is 26.6. The van der Waals surface area contributed by atoms with Crippen LogP contribution in [0.2, 0.25) is 0 Å². The molecule has 0 aliphatic carbocycles. The van der Waals surface area contributed by atoms with Gasteiger partial charge < -0.3 is 19.4 Å². The zero-order valence-corrected chi connectivity index (χ0v) is 15.4. The third kappa shape index (κ3) is 3.62. The van der Waals surface area contributed by atoms with Gasteiger partial charge in [0.05, 0.1) is 6.26 Å². The maximum Gasteiger partial charge on any atom is 0.291 e. The lowest BCUT2D eigenvalue weighted by Gasteiger charge is -2.22. The Morgan fingerprint density at radius 1 is 1.14 bits per heavy atom. The highest BCUT2D eigenvalue weighted by molar-refractivity contribution is 6.02. The van der Waals surface area contributed by atoms with Crippen molar-refractivity contribution in [1.29, 1.82) is 0 Å². The Kier molecular flexibility index (Phi) is 4.85. The van der Waals surface area contributed by atoms with E-state index in [-0.39, 0.29) is 30.2 Å². The zero-order chi connectivity index (χ0) is 19.5. The molecule has 6 heteroatoms. The number of anilines is 2. The predicted molar refractivity (Wildman–Crippen MR) is 106 cm³/mol. The molecule has 1 atom stereocenters. The molecule has 1 N–H and O–H groups in total. The summed E-state index contributed by atoms with van der Waals surface area (Å²) in [5.74, 6) is 0.289. The lowest BCUT2D eigenvalue weighted by molar-refractivity contribution is -0.120.